The van der Waals surface area contributed by atoms with Crippen LogP contribution in [0.15, 0.2) is 24.3 Å². The maximum Gasteiger partial charge on any atom is 0.226 e. The lowest BCUT2D eigenvalue weighted by atomic mass is 9.88. The molecule has 4 nitrogen and oxygen atoms in total. The highest BCUT2D eigenvalue weighted by Gasteiger charge is 2.20. The first-order chi connectivity index (χ1) is 9.22. The minimum absolute atomic E-state index is 0.311. The molecule has 3 rings (SSSR count). The predicted molar refractivity (Wildman–Crippen MR) is 75.0 cm³/mol. The molecule has 0 saturated carbocycles. The van der Waals surface area contributed by atoms with Crippen molar-refractivity contribution in [3.63, 3.8) is 0 Å². The fourth-order valence-corrected chi connectivity index (χ4v) is 2.74. The van der Waals surface area contributed by atoms with Crippen molar-refractivity contribution in [2.24, 2.45) is 0 Å². The van der Waals surface area contributed by atoms with E-state index in [0.29, 0.717) is 12.0 Å². The van der Waals surface area contributed by atoms with E-state index in [-0.39, 0.29) is 0 Å². The molecule has 0 aliphatic heterocycles. The summed E-state index contributed by atoms with van der Waals surface area (Å²) < 4.78 is 0. The molecule has 0 spiro atoms. The fraction of sp³-hybridized carbons (Fsp3) is 0.400. The molecule has 1 aliphatic carbocycles. The number of rotatable bonds is 2. The van der Waals surface area contributed by atoms with Crippen molar-refractivity contribution in [3.05, 3.63) is 47.0 Å². The lowest BCUT2D eigenvalue weighted by molar-refractivity contribution is 0.595. The quantitative estimate of drug-likeness (QED) is 0.895. The molecule has 1 aromatic carbocycles. The maximum absolute atomic E-state index is 4.37. The van der Waals surface area contributed by atoms with Crippen LogP contribution in [0.1, 0.15) is 41.7 Å². The van der Waals surface area contributed by atoms with Crippen molar-refractivity contribution >= 4 is 5.95 Å². The molecule has 98 valence electrons. The molecule has 0 fully saturated rings. The monoisotopic (exact) mass is 254 g/mol. The second kappa shape index (κ2) is 4.96. The Morgan fingerprint density at radius 3 is 2.58 bits per heavy atom. The van der Waals surface area contributed by atoms with Crippen molar-refractivity contribution in [1.82, 2.24) is 15.0 Å². The smallest absolute Gasteiger partial charge is 0.226 e. The van der Waals surface area contributed by atoms with Gasteiger partial charge < -0.3 is 5.32 Å². The van der Waals surface area contributed by atoms with E-state index in [1.807, 2.05) is 13.8 Å². The van der Waals surface area contributed by atoms with E-state index >= 15 is 0 Å². The third-order valence-electron chi connectivity index (χ3n) is 3.53. The first-order valence-corrected chi connectivity index (χ1v) is 6.76. The zero-order valence-electron chi connectivity index (χ0n) is 11.3. The summed E-state index contributed by atoms with van der Waals surface area (Å²) in [4.78, 5) is 12.9. The van der Waals surface area contributed by atoms with Gasteiger partial charge in [0.25, 0.3) is 0 Å². The molecule has 1 atom stereocenters. The highest BCUT2D eigenvalue weighted by atomic mass is 15.2. The van der Waals surface area contributed by atoms with Crippen LogP contribution < -0.4 is 5.32 Å². The molecule has 1 N–H and O–H groups in total. The standard InChI is InChI=1S/C15H18N4/c1-10-16-11(2)18-15(17-10)19-14-9-5-7-12-6-3-4-8-13(12)14/h3-4,6,8,14H,5,7,9H2,1-2H3,(H,16,17,18,19)/t14-/m1/s1. The van der Waals surface area contributed by atoms with Crippen LogP contribution >= 0.6 is 0 Å². The van der Waals surface area contributed by atoms with Gasteiger partial charge in [-0.05, 0) is 44.2 Å². The number of aromatic nitrogens is 3. The van der Waals surface area contributed by atoms with Crippen molar-refractivity contribution in [2.45, 2.75) is 39.2 Å². The molecule has 1 aromatic heterocycles. The zero-order valence-corrected chi connectivity index (χ0v) is 11.3. The summed E-state index contributed by atoms with van der Waals surface area (Å²) in [6, 6.07) is 8.94. The van der Waals surface area contributed by atoms with E-state index in [1.54, 1.807) is 0 Å². The van der Waals surface area contributed by atoms with E-state index in [2.05, 4.69) is 44.5 Å². The van der Waals surface area contributed by atoms with Gasteiger partial charge >= 0.3 is 0 Å². The van der Waals surface area contributed by atoms with Gasteiger partial charge in [0, 0.05) is 0 Å². The molecule has 0 unspecified atom stereocenters. The Bertz CT molecular complexity index is 574. The lowest BCUT2D eigenvalue weighted by Crippen LogP contribution is -2.19. The van der Waals surface area contributed by atoms with E-state index in [0.717, 1.165) is 18.1 Å². The van der Waals surface area contributed by atoms with Gasteiger partial charge in [-0.1, -0.05) is 24.3 Å². The summed E-state index contributed by atoms with van der Waals surface area (Å²) in [6.45, 7) is 3.79. The summed E-state index contributed by atoms with van der Waals surface area (Å²) in [7, 11) is 0. The Hall–Kier alpha value is -1.97. The van der Waals surface area contributed by atoms with Crippen LogP contribution in [0, 0.1) is 13.8 Å². The van der Waals surface area contributed by atoms with Crippen molar-refractivity contribution in [1.29, 1.82) is 0 Å². The lowest BCUT2D eigenvalue weighted by Gasteiger charge is -2.26. The number of fused-ring (bicyclic) bond motifs is 1. The largest absolute Gasteiger partial charge is 0.347 e. The minimum atomic E-state index is 0.311. The van der Waals surface area contributed by atoms with Gasteiger partial charge in [-0.2, -0.15) is 9.97 Å². The number of aryl methyl sites for hydroxylation is 3. The van der Waals surface area contributed by atoms with Crippen LogP contribution in [0.4, 0.5) is 5.95 Å². The predicted octanol–water partition coefficient (Wildman–Crippen LogP) is 2.98. The maximum atomic E-state index is 4.37. The van der Waals surface area contributed by atoms with Crippen LogP contribution in [0.3, 0.4) is 0 Å². The highest BCUT2D eigenvalue weighted by molar-refractivity contribution is 5.38. The van der Waals surface area contributed by atoms with Crippen LogP contribution in [0.2, 0.25) is 0 Å². The molecule has 19 heavy (non-hydrogen) atoms. The average molecular weight is 254 g/mol. The third-order valence-corrected chi connectivity index (χ3v) is 3.53. The molecule has 1 heterocycles. The number of nitrogens with one attached hydrogen (secondary N) is 1. The average Bonchev–Trinajstić information content (AvgIpc) is 2.38. The number of nitrogens with zero attached hydrogens (tertiary/aromatic N) is 3. The fourth-order valence-electron chi connectivity index (χ4n) is 2.74. The van der Waals surface area contributed by atoms with Crippen molar-refractivity contribution < 1.29 is 0 Å². The van der Waals surface area contributed by atoms with Gasteiger partial charge in [-0.3, -0.25) is 0 Å². The molecular weight excluding hydrogens is 236 g/mol. The Kier molecular flexibility index (Phi) is 3.15. The third kappa shape index (κ3) is 2.57. The molecule has 0 amide bonds. The molecule has 1 aliphatic rings. The van der Waals surface area contributed by atoms with Gasteiger partial charge in [0.1, 0.15) is 11.6 Å². The SMILES string of the molecule is Cc1nc(C)nc(N[C@@H]2CCCc3ccccc32)n1. The molecule has 0 radical (unpaired) electrons. The number of hydrogen-bond acceptors (Lipinski definition) is 4. The number of anilines is 1. The van der Waals surface area contributed by atoms with Gasteiger partial charge in [-0.25, -0.2) is 4.98 Å². The Balaban J connectivity index is 1.88. The Morgan fingerprint density at radius 1 is 1.05 bits per heavy atom. The molecule has 4 heteroatoms. The topological polar surface area (TPSA) is 50.7 Å². The van der Waals surface area contributed by atoms with E-state index in [9.17, 15) is 0 Å². The number of benzene rings is 1. The van der Waals surface area contributed by atoms with Crippen molar-refractivity contribution in [3.8, 4) is 0 Å². The molecule has 0 saturated heterocycles. The second-order valence-electron chi connectivity index (χ2n) is 5.04. The first kappa shape index (κ1) is 12.1. The van der Waals surface area contributed by atoms with E-state index in [4.69, 9.17) is 0 Å². The summed E-state index contributed by atoms with van der Waals surface area (Å²) >= 11 is 0. The second-order valence-corrected chi connectivity index (χ2v) is 5.04. The van der Waals surface area contributed by atoms with E-state index in [1.165, 1.54) is 24.0 Å². The Labute approximate surface area is 113 Å². The van der Waals surface area contributed by atoms with Crippen LogP contribution in [0.5, 0.6) is 0 Å². The molecular formula is C15H18N4. The van der Waals surface area contributed by atoms with Gasteiger partial charge in [0.2, 0.25) is 5.95 Å². The minimum Gasteiger partial charge on any atom is -0.347 e. The van der Waals surface area contributed by atoms with Gasteiger partial charge in [0.15, 0.2) is 0 Å². The Morgan fingerprint density at radius 2 is 1.79 bits per heavy atom. The van der Waals surface area contributed by atoms with Crippen LogP contribution in [-0.2, 0) is 6.42 Å². The van der Waals surface area contributed by atoms with Gasteiger partial charge in [-0.15, -0.1) is 0 Å². The summed E-state index contributed by atoms with van der Waals surface area (Å²) in [5, 5.41) is 3.46. The molecule has 2 aromatic rings. The van der Waals surface area contributed by atoms with Crippen LogP contribution in [-0.4, -0.2) is 15.0 Å². The van der Waals surface area contributed by atoms with Crippen molar-refractivity contribution in [2.75, 3.05) is 5.32 Å². The highest BCUT2D eigenvalue weighted by Crippen LogP contribution is 2.31. The summed E-state index contributed by atoms with van der Waals surface area (Å²) in [5.74, 6) is 2.21. The summed E-state index contributed by atoms with van der Waals surface area (Å²) in [5.41, 5.74) is 2.82. The van der Waals surface area contributed by atoms with Gasteiger partial charge in [0.05, 0.1) is 6.04 Å². The van der Waals surface area contributed by atoms with E-state index < -0.39 is 0 Å². The molecule has 0 bridgehead atoms. The first-order valence-electron chi connectivity index (χ1n) is 6.76. The normalized spacial score (nSPS) is 17.9. The van der Waals surface area contributed by atoms with Crippen LogP contribution in [0.25, 0.3) is 0 Å². The zero-order chi connectivity index (χ0) is 13.2. The number of hydrogen-bond donors (Lipinski definition) is 1. The summed E-state index contributed by atoms with van der Waals surface area (Å²) in [6.07, 6.45) is 3.50.